The van der Waals surface area contributed by atoms with Crippen LogP contribution in [0.5, 0.6) is 5.88 Å². The van der Waals surface area contributed by atoms with Gasteiger partial charge in [-0.2, -0.15) is 0 Å². The zero-order valence-electron chi connectivity index (χ0n) is 11.7. The lowest BCUT2D eigenvalue weighted by atomic mass is 10.2. The first kappa shape index (κ1) is 17.8. The number of aromatic amines is 1. The van der Waals surface area contributed by atoms with Crippen molar-refractivity contribution in [3.05, 3.63) is 47.0 Å². The van der Waals surface area contributed by atoms with E-state index in [0.717, 1.165) is 0 Å². The fourth-order valence-electron chi connectivity index (χ4n) is 1.75. The average molecular weight is 465 g/mol. The number of ether oxygens (including phenoxy) is 1. The third-order valence-corrected chi connectivity index (χ3v) is 4.04. The lowest BCUT2D eigenvalue weighted by Crippen LogP contribution is -2.15. The van der Waals surface area contributed by atoms with Crippen LogP contribution in [0.2, 0.25) is 0 Å². The maximum atomic E-state index is 12.3. The second-order valence-electron chi connectivity index (χ2n) is 4.21. The first-order chi connectivity index (χ1) is 11.3. The first-order valence-corrected chi connectivity index (χ1v) is 7.56. The molecule has 0 aliphatic carbocycles. The molecule has 13 heteroatoms. The first-order valence-electron chi connectivity index (χ1n) is 5.97. The Labute approximate surface area is 149 Å². The molecule has 2 rings (SSSR count). The molecular weight excluding hydrogens is 458 g/mol. The number of methoxy groups -OCH3 is 1. The second kappa shape index (κ2) is 6.92. The summed E-state index contributed by atoms with van der Waals surface area (Å²) in [7, 11) is 1.17. The highest BCUT2D eigenvalue weighted by Gasteiger charge is 2.30. The van der Waals surface area contributed by atoms with Crippen LogP contribution in [0.15, 0.2) is 21.1 Å². The van der Waals surface area contributed by atoms with Gasteiger partial charge in [0.25, 0.3) is 11.6 Å². The Morgan fingerprint density at radius 1 is 1.25 bits per heavy atom. The molecule has 0 atom stereocenters. The predicted molar refractivity (Wildman–Crippen MR) is 88.2 cm³/mol. The fourth-order valence-corrected chi connectivity index (χ4v) is 3.11. The van der Waals surface area contributed by atoms with Crippen LogP contribution in [0.4, 0.5) is 17.1 Å². The van der Waals surface area contributed by atoms with E-state index in [1.165, 1.54) is 19.2 Å². The fraction of sp³-hybridized carbons (Fsp3) is 0.0909. The number of hydrogen-bond acceptors (Lipinski definition) is 7. The van der Waals surface area contributed by atoms with Gasteiger partial charge in [-0.25, -0.2) is 0 Å². The van der Waals surface area contributed by atoms with Crippen molar-refractivity contribution in [1.82, 2.24) is 10.2 Å². The molecule has 0 aliphatic heterocycles. The van der Waals surface area contributed by atoms with Crippen molar-refractivity contribution in [1.29, 1.82) is 0 Å². The van der Waals surface area contributed by atoms with Crippen molar-refractivity contribution in [2.24, 2.45) is 0 Å². The van der Waals surface area contributed by atoms with Crippen LogP contribution in [0.1, 0.15) is 10.5 Å². The number of anilines is 1. The molecule has 2 N–H and O–H groups in total. The Morgan fingerprint density at radius 3 is 2.29 bits per heavy atom. The summed E-state index contributed by atoms with van der Waals surface area (Å²) in [5, 5.41) is 30.0. The van der Waals surface area contributed by atoms with Crippen molar-refractivity contribution in [3.8, 4) is 5.88 Å². The van der Waals surface area contributed by atoms with E-state index >= 15 is 0 Å². The van der Waals surface area contributed by atoms with Crippen molar-refractivity contribution in [3.63, 3.8) is 0 Å². The Kier molecular flexibility index (Phi) is 5.14. The number of benzene rings is 1. The highest BCUT2D eigenvalue weighted by atomic mass is 79.9. The van der Waals surface area contributed by atoms with Gasteiger partial charge in [0.1, 0.15) is 0 Å². The van der Waals surface area contributed by atoms with Gasteiger partial charge in [-0.15, -0.1) is 5.10 Å². The molecular formula is C11H7Br2N5O6. The summed E-state index contributed by atoms with van der Waals surface area (Å²) in [6, 6.07) is 2.37. The molecule has 0 bridgehead atoms. The largest absolute Gasteiger partial charge is 0.475 e. The summed E-state index contributed by atoms with van der Waals surface area (Å²) in [6.45, 7) is 0. The maximum absolute atomic E-state index is 12.3. The molecule has 1 heterocycles. The molecule has 0 saturated heterocycles. The highest BCUT2D eigenvalue weighted by Crippen LogP contribution is 2.36. The van der Waals surface area contributed by atoms with Gasteiger partial charge >= 0.3 is 11.6 Å². The molecule has 1 amide bonds. The van der Waals surface area contributed by atoms with Gasteiger partial charge in [-0.3, -0.25) is 30.1 Å². The number of rotatable bonds is 5. The zero-order valence-corrected chi connectivity index (χ0v) is 14.9. The van der Waals surface area contributed by atoms with Gasteiger partial charge in [0.2, 0.25) is 5.69 Å². The minimum atomic E-state index is -0.868. The number of nitrogens with zero attached hydrogens (tertiary/aromatic N) is 3. The molecule has 1 aromatic carbocycles. The molecule has 24 heavy (non-hydrogen) atoms. The smallest absolute Gasteiger partial charge is 0.362 e. The number of nitrogens with one attached hydrogen (secondary N) is 2. The molecule has 0 fully saturated rings. The number of carbonyl (C=O) groups is 1. The zero-order chi connectivity index (χ0) is 18.0. The Morgan fingerprint density at radius 2 is 1.83 bits per heavy atom. The average Bonchev–Trinajstić information content (AvgIpc) is 2.94. The lowest BCUT2D eigenvalue weighted by Gasteiger charge is -2.08. The van der Waals surface area contributed by atoms with Gasteiger partial charge in [0.15, 0.2) is 0 Å². The van der Waals surface area contributed by atoms with Crippen LogP contribution in [-0.4, -0.2) is 33.1 Å². The van der Waals surface area contributed by atoms with Crippen molar-refractivity contribution in [2.75, 3.05) is 12.4 Å². The highest BCUT2D eigenvalue weighted by molar-refractivity contribution is 9.11. The monoisotopic (exact) mass is 463 g/mol. The third kappa shape index (κ3) is 3.35. The molecule has 0 saturated carbocycles. The summed E-state index contributed by atoms with van der Waals surface area (Å²) < 4.78 is 5.15. The second-order valence-corrected chi connectivity index (χ2v) is 5.92. The topological polar surface area (TPSA) is 153 Å². The summed E-state index contributed by atoms with van der Waals surface area (Å²) >= 11 is 6.20. The van der Waals surface area contributed by atoms with E-state index < -0.39 is 27.1 Å². The maximum Gasteiger partial charge on any atom is 0.362 e. The van der Waals surface area contributed by atoms with Gasteiger partial charge < -0.3 is 10.1 Å². The minimum Gasteiger partial charge on any atom is -0.475 e. The summed E-state index contributed by atoms with van der Waals surface area (Å²) in [4.78, 5) is 32.7. The molecule has 2 aromatic rings. The van der Waals surface area contributed by atoms with Crippen LogP contribution in [-0.2, 0) is 0 Å². The van der Waals surface area contributed by atoms with E-state index in [1.807, 2.05) is 0 Å². The normalized spacial score (nSPS) is 10.3. The minimum absolute atomic E-state index is 0.161. The molecule has 0 aliphatic rings. The van der Waals surface area contributed by atoms with Crippen molar-refractivity contribution < 1.29 is 19.4 Å². The molecule has 11 nitrogen and oxygen atoms in total. The molecule has 0 unspecified atom stereocenters. The Hall–Kier alpha value is -2.54. The van der Waals surface area contributed by atoms with Crippen LogP contribution >= 0.6 is 31.9 Å². The van der Waals surface area contributed by atoms with Crippen molar-refractivity contribution in [2.45, 2.75) is 0 Å². The summed E-state index contributed by atoms with van der Waals surface area (Å²) in [5.41, 5.74) is -1.09. The SMILES string of the molecule is COc1n[nH]c(C(=O)Nc2c(Br)cc([N+](=O)[O-])cc2Br)c1[N+](=O)[O-]. The number of halogens is 2. The summed E-state index contributed by atoms with van der Waals surface area (Å²) in [5.74, 6) is -1.21. The number of nitro benzene ring substituents is 1. The number of aromatic nitrogens is 2. The standard InChI is InChI=1S/C11H7Br2N5O6/c1-24-11-9(18(22)23)8(15-16-11)10(19)14-7-5(12)2-4(17(20)21)3-6(7)13/h2-3H,1H3,(H,14,19)(H,15,16). The van der Waals surface area contributed by atoms with Gasteiger partial charge in [0.05, 0.1) is 22.6 Å². The Balaban J connectivity index is 2.39. The van der Waals surface area contributed by atoms with Crippen molar-refractivity contribution >= 4 is 54.8 Å². The van der Waals surface area contributed by atoms with Crippen LogP contribution in [0.25, 0.3) is 0 Å². The Bertz CT molecular complexity index is 828. The van der Waals surface area contributed by atoms with E-state index in [1.54, 1.807) is 0 Å². The predicted octanol–water partition coefficient (Wildman–Crippen LogP) is 3.01. The molecule has 1 aromatic heterocycles. The number of nitro groups is 2. The number of amides is 1. The third-order valence-electron chi connectivity index (χ3n) is 2.79. The van der Waals surface area contributed by atoms with E-state index in [2.05, 4.69) is 47.4 Å². The van der Waals surface area contributed by atoms with Crippen LogP contribution < -0.4 is 10.1 Å². The lowest BCUT2D eigenvalue weighted by molar-refractivity contribution is -0.386. The van der Waals surface area contributed by atoms with E-state index in [9.17, 15) is 25.0 Å². The number of carbonyl (C=O) groups excluding carboxylic acids is 1. The molecule has 0 radical (unpaired) electrons. The quantitative estimate of drug-likeness (QED) is 0.509. The van der Waals surface area contributed by atoms with E-state index in [0.29, 0.717) is 0 Å². The molecule has 126 valence electrons. The van der Waals surface area contributed by atoms with Gasteiger partial charge in [-0.1, -0.05) is 0 Å². The molecule has 0 spiro atoms. The van der Waals surface area contributed by atoms with Gasteiger partial charge in [-0.05, 0) is 31.9 Å². The number of H-pyrrole nitrogens is 1. The number of non-ortho nitro benzene ring substituents is 1. The van der Waals surface area contributed by atoms with E-state index in [4.69, 9.17) is 4.74 Å². The summed E-state index contributed by atoms with van der Waals surface area (Å²) in [6.07, 6.45) is 0. The van der Waals surface area contributed by atoms with Crippen LogP contribution in [0.3, 0.4) is 0 Å². The van der Waals surface area contributed by atoms with Gasteiger partial charge in [0, 0.05) is 21.1 Å². The number of hydrogen-bond donors (Lipinski definition) is 2. The van der Waals surface area contributed by atoms with Crippen LogP contribution in [0, 0.1) is 20.2 Å². The van der Waals surface area contributed by atoms with E-state index in [-0.39, 0.29) is 26.2 Å².